The van der Waals surface area contributed by atoms with Crippen molar-refractivity contribution in [2.45, 2.75) is 39.3 Å². The zero-order valence-corrected chi connectivity index (χ0v) is 19.3. The van der Waals surface area contributed by atoms with Gasteiger partial charge in [0.1, 0.15) is 6.10 Å². The highest BCUT2D eigenvalue weighted by molar-refractivity contribution is 5.86. The van der Waals surface area contributed by atoms with E-state index in [2.05, 4.69) is 41.3 Å². The van der Waals surface area contributed by atoms with E-state index in [0.29, 0.717) is 19.6 Å². The van der Waals surface area contributed by atoms with Crippen molar-refractivity contribution in [3.05, 3.63) is 54.6 Å². The van der Waals surface area contributed by atoms with Gasteiger partial charge in [-0.3, -0.25) is 10.0 Å². The molecule has 0 radical (unpaired) electrons. The second-order valence-corrected chi connectivity index (χ2v) is 8.92. The predicted molar refractivity (Wildman–Crippen MR) is 125 cm³/mol. The fourth-order valence-electron chi connectivity index (χ4n) is 4.10. The number of amides is 1. The first-order valence-electron chi connectivity index (χ1n) is 11.3. The van der Waals surface area contributed by atoms with Gasteiger partial charge in [-0.25, -0.2) is 10.3 Å². The summed E-state index contributed by atoms with van der Waals surface area (Å²) in [6.07, 6.45) is -1.42. The molecule has 1 aliphatic heterocycles. The number of nitrogens with zero attached hydrogens (tertiary/aromatic N) is 2. The van der Waals surface area contributed by atoms with Gasteiger partial charge < -0.3 is 14.8 Å². The number of rotatable bonds is 8. The molecule has 1 fully saturated rings. The molecule has 1 aliphatic rings. The Kier molecular flexibility index (Phi) is 8.43. The summed E-state index contributed by atoms with van der Waals surface area (Å²) in [5.74, 6) is -2.70. The van der Waals surface area contributed by atoms with Crippen molar-refractivity contribution in [1.29, 1.82) is 0 Å². The van der Waals surface area contributed by atoms with Crippen LogP contribution >= 0.6 is 0 Å². The van der Waals surface area contributed by atoms with Crippen LogP contribution in [0.5, 0.6) is 0 Å². The average molecular weight is 456 g/mol. The number of hydrogen-bond donors (Lipinski definition) is 3. The van der Waals surface area contributed by atoms with Gasteiger partial charge in [-0.15, -0.1) is 5.06 Å². The number of aliphatic hydroxyl groups excluding tert-OH is 1. The predicted octanol–water partition coefficient (Wildman–Crippen LogP) is 2.85. The number of piperazine rings is 1. The van der Waals surface area contributed by atoms with Gasteiger partial charge in [0.15, 0.2) is 0 Å². The number of benzene rings is 2. The van der Waals surface area contributed by atoms with Crippen molar-refractivity contribution in [1.82, 2.24) is 10.5 Å². The summed E-state index contributed by atoms with van der Waals surface area (Å²) < 4.78 is 0. The monoisotopic (exact) mass is 455 g/mol. The molecular weight excluding hydrogens is 422 g/mol. The van der Waals surface area contributed by atoms with Gasteiger partial charge in [0.25, 0.3) is 5.91 Å². The van der Waals surface area contributed by atoms with Crippen LogP contribution in [0.15, 0.2) is 54.6 Å². The first kappa shape index (κ1) is 24.7. The molecule has 3 rings (SSSR count). The van der Waals surface area contributed by atoms with E-state index >= 15 is 0 Å². The number of nitrogens with one attached hydrogen (secondary N) is 1. The highest BCUT2D eigenvalue weighted by Crippen LogP contribution is 2.26. The maximum Gasteiger partial charge on any atom is 0.331 e. The Morgan fingerprint density at radius 2 is 1.70 bits per heavy atom. The van der Waals surface area contributed by atoms with Gasteiger partial charge in [0.2, 0.25) is 0 Å². The van der Waals surface area contributed by atoms with Crippen LogP contribution in [0, 0.1) is 11.8 Å². The van der Waals surface area contributed by atoms with Crippen molar-refractivity contribution >= 4 is 17.6 Å². The molecule has 1 heterocycles. The van der Waals surface area contributed by atoms with E-state index in [1.807, 2.05) is 39.0 Å². The number of carbonyl (C=O) groups excluding carboxylic acids is 2. The molecule has 178 valence electrons. The second-order valence-electron chi connectivity index (χ2n) is 8.92. The number of hydroxylamine groups is 3. The first-order chi connectivity index (χ1) is 15.8. The summed E-state index contributed by atoms with van der Waals surface area (Å²) >= 11 is 0. The lowest BCUT2D eigenvalue weighted by Crippen LogP contribution is -2.53. The largest absolute Gasteiger partial charge is 0.382 e. The Labute approximate surface area is 194 Å². The van der Waals surface area contributed by atoms with Gasteiger partial charge >= 0.3 is 5.97 Å². The minimum absolute atomic E-state index is 0.0526. The van der Waals surface area contributed by atoms with E-state index in [1.54, 1.807) is 5.06 Å². The number of hydrogen-bond acceptors (Lipinski definition) is 7. The van der Waals surface area contributed by atoms with Crippen LogP contribution in [0.1, 0.15) is 27.2 Å². The Hall–Kier alpha value is -2.94. The fourth-order valence-corrected chi connectivity index (χ4v) is 4.10. The van der Waals surface area contributed by atoms with E-state index < -0.39 is 23.9 Å². The van der Waals surface area contributed by atoms with Crippen LogP contribution in [-0.2, 0) is 14.4 Å². The molecule has 0 aromatic heterocycles. The van der Waals surface area contributed by atoms with Gasteiger partial charge in [0, 0.05) is 18.8 Å². The molecule has 2 aromatic carbocycles. The quantitative estimate of drug-likeness (QED) is 0.416. The Morgan fingerprint density at radius 1 is 1.06 bits per heavy atom. The minimum atomic E-state index is -1.68. The SMILES string of the molecule is CC(C)C[C@H](C(=O)ON1CCN(c2ccc(-c3ccccc3)cc2)C[C@H]1C)[C@H](O)C(=O)NO. The Bertz CT molecular complexity index is 919. The number of aliphatic hydroxyl groups is 1. The van der Waals surface area contributed by atoms with Crippen molar-refractivity contribution in [2.24, 2.45) is 11.8 Å². The van der Waals surface area contributed by atoms with Gasteiger partial charge in [0.05, 0.1) is 18.5 Å². The Morgan fingerprint density at radius 3 is 2.27 bits per heavy atom. The van der Waals surface area contributed by atoms with E-state index in [1.165, 1.54) is 11.0 Å². The smallest absolute Gasteiger partial charge is 0.331 e. The molecular formula is C25H33N3O5. The maximum absolute atomic E-state index is 12.8. The lowest BCUT2D eigenvalue weighted by molar-refractivity contribution is -0.211. The summed E-state index contributed by atoms with van der Waals surface area (Å²) in [6.45, 7) is 7.54. The zero-order valence-electron chi connectivity index (χ0n) is 19.3. The van der Waals surface area contributed by atoms with Gasteiger partial charge in [-0.1, -0.05) is 56.3 Å². The van der Waals surface area contributed by atoms with E-state index in [4.69, 9.17) is 10.0 Å². The van der Waals surface area contributed by atoms with Gasteiger partial charge in [-0.05, 0) is 42.5 Å². The van der Waals surface area contributed by atoms with Crippen molar-refractivity contribution in [2.75, 3.05) is 24.5 Å². The molecule has 3 N–H and O–H groups in total. The normalized spacial score (nSPS) is 18.6. The summed E-state index contributed by atoms with van der Waals surface area (Å²) in [4.78, 5) is 32.3. The van der Waals surface area contributed by atoms with E-state index in [0.717, 1.165) is 11.3 Å². The lowest BCUT2D eigenvalue weighted by Gasteiger charge is -2.40. The summed E-state index contributed by atoms with van der Waals surface area (Å²) in [7, 11) is 0. The summed E-state index contributed by atoms with van der Waals surface area (Å²) in [5.41, 5.74) is 4.83. The highest BCUT2D eigenvalue weighted by atomic mass is 16.7. The molecule has 1 amide bonds. The molecule has 0 bridgehead atoms. The minimum Gasteiger partial charge on any atom is -0.382 e. The topological polar surface area (TPSA) is 102 Å². The molecule has 0 aliphatic carbocycles. The molecule has 1 saturated heterocycles. The molecule has 3 atom stereocenters. The zero-order chi connectivity index (χ0) is 24.0. The second kappa shape index (κ2) is 11.3. The first-order valence-corrected chi connectivity index (χ1v) is 11.3. The van der Waals surface area contributed by atoms with Crippen LogP contribution in [0.2, 0.25) is 0 Å². The van der Waals surface area contributed by atoms with Crippen LogP contribution in [0.25, 0.3) is 11.1 Å². The fraction of sp³-hybridized carbons (Fsp3) is 0.440. The molecule has 2 aromatic rings. The highest BCUT2D eigenvalue weighted by Gasteiger charge is 2.36. The van der Waals surface area contributed by atoms with Crippen molar-refractivity contribution in [3.63, 3.8) is 0 Å². The maximum atomic E-state index is 12.8. The van der Waals surface area contributed by atoms with Crippen LogP contribution in [0.4, 0.5) is 5.69 Å². The third-order valence-corrected chi connectivity index (χ3v) is 5.90. The summed E-state index contributed by atoms with van der Waals surface area (Å²) in [5, 5.41) is 20.6. The molecule has 8 heteroatoms. The molecule has 0 saturated carbocycles. The van der Waals surface area contributed by atoms with Crippen molar-refractivity contribution < 1.29 is 24.7 Å². The molecule has 0 unspecified atom stereocenters. The lowest BCUT2D eigenvalue weighted by atomic mass is 9.92. The number of carbonyl (C=O) groups is 2. The Balaban J connectivity index is 1.61. The standard InChI is InChI=1S/C25H33N3O5/c1-17(2)15-22(23(29)24(30)26-32)25(31)33-28-14-13-27(16-18(28)3)21-11-9-20(10-12-21)19-7-5-4-6-8-19/h4-12,17-18,22-23,29,32H,13-16H2,1-3H3,(H,26,30)/t18-,22+,23+/m1/s1. The van der Waals surface area contributed by atoms with Crippen LogP contribution < -0.4 is 10.4 Å². The molecule has 0 spiro atoms. The summed E-state index contributed by atoms with van der Waals surface area (Å²) in [6, 6.07) is 18.5. The van der Waals surface area contributed by atoms with Gasteiger partial charge in [-0.2, -0.15) is 0 Å². The number of anilines is 1. The molecule has 8 nitrogen and oxygen atoms in total. The third kappa shape index (κ3) is 6.31. The van der Waals surface area contributed by atoms with Crippen molar-refractivity contribution in [3.8, 4) is 11.1 Å². The average Bonchev–Trinajstić information content (AvgIpc) is 2.83. The molecule has 33 heavy (non-hydrogen) atoms. The van der Waals surface area contributed by atoms with Crippen LogP contribution in [0.3, 0.4) is 0 Å². The third-order valence-electron chi connectivity index (χ3n) is 5.90. The van der Waals surface area contributed by atoms with E-state index in [9.17, 15) is 14.7 Å². The van der Waals surface area contributed by atoms with E-state index in [-0.39, 0.29) is 18.4 Å². The van der Waals surface area contributed by atoms with Crippen LogP contribution in [-0.4, -0.2) is 59.0 Å².